The zero-order valence-corrected chi connectivity index (χ0v) is 13.7. The van der Waals surface area contributed by atoms with Crippen LogP contribution < -0.4 is 10.5 Å². The maximum atomic E-state index is 13.8. The molecule has 2 aromatic heterocycles. The van der Waals surface area contributed by atoms with Crippen LogP contribution in [0, 0.1) is 11.7 Å². The van der Waals surface area contributed by atoms with Crippen LogP contribution in [-0.2, 0) is 6.54 Å². The minimum absolute atomic E-state index is 0.00475. The quantitative estimate of drug-likeness (QED) is 0.732. The van der Waals surface area contributed by atoms with Crippen LogP contribution in [-0.4, -0.2) is 32.6 Å². The lowest BCUT2D eigenvalue weighted by Crippen LogP contribution is -2.37. The largest absolute Gasteiger partial charge is 0.354 e. The minimum Gasteiger partial charge on any atom is -0.354 e. The predicted octanol–water partition coefficient (Wildman–Crippen LogP) is 2.24. The summed E-state index contributed by atoms with van der Waals surface area (Å²) in [6.45, 7) is 2.07. The predicted molar refractivity (Wildman–Crippen MR) is 92.9 cm³/mol. The van der Waals surface area contributed by atoms with Crippen LogP contribution in [0.1, 0.15) is 12.8 Å². The van der Waals surface area contributed by atoms with Crippen molar-refractivity contribution in [3.05, 3.63) is 59.3 Å². The molecule has 1 aliphatic rings. The van der Waals surface area contributed by atoms with Gasteiger partial charge in [-0.05, 0) is 30.9 Å². The highest BCUT2D eigenvalue weighted by molar-refractivity contribution is 5.76. The molecule has 7 heteroatoms. The van der Waals surface area contributed by atoms with Crippen molar-refractivity contribution < 1.29 is 4.39 Å². The van der Waals surface area contributed by atoms with Crippen LogP contribution in [0.5, 0.6) is 0 Å². The van der Waals surface area contributed by atoms with Gasteiger partial charge >= 0.3 is 0 Å². The highest BCUT2D eigenvalue weighted by atomic mass is 19.1. The molecule has 25 heavy (non-hydrogen) atoms. The fourth-order valence-electron chi connectivity index (χ4n) is 3.38. The van der Waals surface area contributed by atoms with Gasteiger partial charge in [-0.25, -0.2) is 19.3 Å². The normalized spacial score (nSPS) is 15.6. The molecule has 0 aliphatic carbocycles. The van der Waals surface area contributed by atoms with E-state index in [2.05, 4.69) is 15.0 Å². The average Bonchev–Trinajstić information content (AvgIpc) is 2.65. The molecule has 0 radical (unpaired) electrons. The summed E-state index contributed by atoms with van der Waals surface area (Å²) in [6, 6.07) is 7.38. The van der Waals surface area contributed by atoms with Crippen molar-refractivity contribution in [2.24, 2.45) is 5.92 Å². The Balaban J connectivity index is 1.46. The Kier molecular flexibility index (Phi) is 4.13. The Morgan fingerprint density at radius 3 is 2.76 bits per heavy atom. The second kappa shape index (κ2) is 6.58. The molecular weight excluding hydrogens is 321 g/mol. The number of anilines is 1. The second-order valence-electron chi connectivity index (χ2n) is 6.34. The molecule has 0 saturated carbocycles. The number of piperidine rings is 1. The van der Waals surface area contributed by atoms with E-state index in [0.717, 1.165) is 18.4 Å². The van der Waals surface area contributed by atoms with Gasteiger partial charge < -0.3 is 4.90 Å². The van der Waals surface area contributed by atoms with Gasteiger partial charge in [0.1, 0.15) is 6.33 Å². The Bertz CT molecular complexity index is 949. The molecule has 0 unspecified atom stereocenters. The first-order valence-electron chi connectivity index (χ1n) is 8.37. The maximum absolute atomic E-state index is 13.8. The molecule has 1 saturated heterocycles. The number of aromatic nitrogens is 4. The monoisotopic (exact) mass is 339 g/mol. The fraction of sp³-hybridized carbons (Fsp3) is 0.333. The highest BCUT2D eigenvalue weighted by Gasteiger charge is 2.23. The number of halogens is 1. The topological polar surface area (TPSA) is 63.9 Å². The van der Waals surface area contributed by atoms with Crippen molar-refractivity contribution in [3.63, 3.8) is 0 Å². The first-order valence-corrected chi connectivity index (χ1v) is 8.37. The molecule has 1 aromatic carbocycles. The van der Waals surface area contributed by atoms with Gasteiger partial charge in [-0.1, -0.05) is 12.1 Å². The third kappa shape index (κ3) is 3.09. The Labute approximate surface area is 144 Å². The SMILES string of the molecule is O=c1c2ccccc2ncn1CC1CCN(c2ncncc2F)CC1. The van der Waals surface area contributed by atoms with E-state index in [4.69, 9.17) is 0 Å². The van der Waals surface area contributed by atoms with E-state index in [1.807, 2.05) is 29.2 Å². The van der Waals surface area contributed by atoms with Gasteiger partial charge in [0.05, 0.1) is 23.4 Å². The van der Waals surface area contributed by atoms with Gasteiger partial charge in [0.15, 0.2) is 11.6 Å². The summed E-state index contributed by atoms with van der Waals surface area (Å²) in [6.07, 6.45) is 5.94. The molecule has 0 atom stereocenters. The van der Waals surface area contributed by atoms with E-state index in [9.17, 15) is 9.18 Å². The van der Waals surface area contributed by atoms with E-state index >= 15 is 0 Å². The molecule has 0 bridgehead atoms. The van der Waals surface area contributed by atoms with E-state index in [-0.39, 0.29) is 5.56 Å². The van der Waals surface area contributed by atoms with Gasteiger partial charge in [0, 0.05) is 19.6 Å². The summed E-state index contributed by atoms with van der Waals surface area (Å²) in [7, 11) is 0. The summed E-state index contributed by atoms with van der Waals surface area (Å²) in [4.78, 5) is 26.6. The van der Waals surface area contributed by atoms with Crippen molar-refractivity contribution >= 4 is 16.7 Å². The van der Waals surface area contributed by atoms with Gasteiger partial charge in [-0.2, -0.15) is 0 Å². The van der Waals surface area contributed by atoms with Crippen molar-refractivity contribution in [3.8, 4) is 0 Å². The molecule has 3 aromatic rings. The van der Waals surface area contributed by atoms with Crippen molar-refractivity contribution in [2.45, 2.75) is 19.4 Å². The van der Waals surface area contributed by atoms with Crippen LogP contribution in [0.2, 0.25) is 0 Å². The molecule has 3 heterocycles. The number of hydrogen-bond acceptors (Lipinski definition) is 5. The van der Waals surface area contributed by atoms with Gasteiger partial charge in [-0.3, -0.25) is 9.36 Å². The van der Waals surface area contributed by atoms with Gasteiger partial charge in [-0.15, -0.1) is 0 Å². The highest BCUT2D eigenvalue weighted by Crippen LogP contribution is 2.24. The molecule has 0 spiro atoms. The molecular formula is C18H18FN5O. The summed E-state index contributed by atoms with van der Waals surface area (Å²) in [5, 5.41) is 0.644. The Morgan fingerprint density at radius 2 is 1.96 bits per heavy atom. The number of para-hydroxylation sites is 1. The van der Waals surface area contributed by atoms with E-state index in [0.29, 0.717) is 36.8 Å². The lowest BCUT2D eigenvalue weighted by molar-refractivity contribution is 0.349. The average molecular weight is 339 g/mol. The van der Waals surface area contributed by atoms with Crippen LogP contribution in [0.4, 0.5) is 10.2 Å². The fourth-order valence-corrected chi connectivity index (χ4v) is 3.38. The van der Waals surface area contributed by atoms with Crippen LogP contribution in [0.15, 0.2) is 47.9 Å². The number of nitrogens with zero attached hydrogens (tertiary/aromatic N) is 5. The number of fused-ring (bicyclic) bond motifs is 1. The van der Waals surface area contributed by atoms with Gasteiger partial charge in [0.25, 0.3) is 5.56 Å². The smallest absolute Gasteiger partial charge is 0.261 e. The summed E-state index contributed by atoms with van der Waals surface area (Å²) in [5.41, 5.74) is 0.715. The van der Waals surface area contributed by atoms with Crippen LogP contribution in [0.3, 0.4) is 0 Å². The molecule has 6 nitrogen and oxygen atoms in total. The first kappa shape index (κ1) is 15.7. The van der Waals surface area contributed by atoms with Crippen LogP contribution >= 0.6 is 0 Å². The molecule has 4 rings (SSSR count). The Hall–Kier alpha value is -2.83. The second-order valence-corrected chi connectivity index (χ2v) is 6.34. The molecule has 128 valence electrons. The molecule has 1 fully saturated rings. The summed E-state index contributed by atoms with van der Waals surface area (Å²) < 4.78 is 15.5. The van der Waals surface area contributed by atoms with Crippen molar-refractivity contribution in [1.29, 1.82) is 0 Å². The zero-order valence-electron chi connectivity index (χ0n) is 13.7. The number of benzene rings is 1. The Morgan fingerprint density at radius 1 is 1.16 bits per heavy atom. The zero-order chi connectivity index (χ0) is 17.2. The number of hydrogen-bond donors (Lipinski definition) is 0. The third-order valence-electron chi connectivity index (χ3n) is 4.75. The summed E-state index contributed by atoms with van der Waals surface area (Å²) in [5.74, 6) is 0.329. The van der Waals surface area contributed by atoms with E-state index < -0.39 is 5.82 Å². The van der Waals surface area contributed by atoms with E-state index in [1.54, 1.807) is 10.9 Å². The first-order chi connectivity index (χ1) is 12.2. The molecule has 0 amide bonds. The van der Waals surface area contributed by atoms with Crippen LogP contribution in [0.25, 0.3) is 10.9 Å². The van der Waals surface area contributed by atoms with Gasteiger partial charge in [0.2, 0.25) is 0 Å². The van der Waals surface area contributed by atoms with Crippen molar-refractivity contribution in [1.82, 2.24) is 19.5 Å². The lowest BCUT2D eigenvalue weighted by Gasteiger charge is -2.32. The summed E-state index contributed by atoms with van der Waals surface area (Å²) >= 11 is 0. The number of rotatable bonds is 3. The van der Waals surface area contributed by atoms with Crippen molar-refractivity contribution in [2.75, 3.05) is 18.0 Å². The lowest BCUT2D eigenvalue weighted by atomic mass is 9.96. The van der Waals surface area contributed by atoms with E-state index in [1.165, 1.54) is 12.5 Å². The minimum atomic E-state index is -0.393. The standard InChI is InChI=1S/C18H18FN5O/c19-15-9-20-11-21-17(15)23-7-5-13(6-8-23)10-24-12-22-16-4-2-1-3-14(16)18(24)25/h1-4,9,11-13H,5-8,10H2. The molecule has 1 aliphatic heterocycles. The maximum Gasteiger partial charge on any atom is 0.261 e. The molecule has 0 N–H and O–H groups in total. The third-order valence-corrected chi connectivity index (χ3v) is 4.75.